The second-order valence-corrected chi connectivity index (χ2v) is 10.8. The summed E-state index contributed by atoms with van der Waals surface area (Å²) < 4.78 is 7.31. The van der Waals surface area contributed by atoms with Crippen molar-refractivity contribution < 1.29 is 9.53 Å². The standard InChI is InChI=1S/C26H37N7O2S/c1-19-8-10-20(11-9-19)23-24(28-21-6-4-3-5-7-21)33-25(29-23)36-26(30-33)31(2)18-22(34)27-12-13-32-14-16-35-17-15-32/h8-11,21,28H,3-7,12-18H2,1-2H3,(H,27,34). The Kier molecular flexibility index (Phi) is 8.03. The zero-order chi connectivity index (χ0) is 24.9. The van der Waals surface area contributed by atoms with E-state index in [1.54, 1.807) is 0 Å². The van der Waals surface area contributed by atoms with E-state index in [-0.39, 0.29) is 12.5 Å². The predicted molar refractivity (Wildman–Crippen MR) is 145 cm³/mol. The normalized spacial score (nSPS) is 17.4. The summed E-state index contributed by atoms with van der Waals surface area (Å²) in [6.07, 6.45) is 6.16. The van der Waals surface area contributed by atoms with Gasteiger partial charge >= 0.3 is 0 Å². The van der Waals surface area contributed by atoms with E-state index in [1.165, 1.54) is 49.0 Å². The van der Waals surface area contributed by atoms with Gasteiger partial charge in [0.2, 0.25) is 16.0 Å². The van der Waals surface area contributed by atoms with Crippen LogP contribution in [0.1, 0.15) is 37.7 Å². The third-order valence-electron chi connectivity index (χ3n) is 7.03. The van der Waals surface area contributed by atoms with E-state index in [0.29, 0.717) is 12.6 Å². The number of fused-ring (bicyclic) bond motifs is 1. The number of hydrogen-bond acceptors (Lipinski definition) is 8. The van der Waals surface area contributed by atoms with Gasteiger partial charge in [0, 0.05) is 44.8 Å². The largest absolute Gasteiger partial charge is 0.379 e. The number of rotatable bonds is 9. The summed E-state index contributed by atoms with van der Waals surface area (Å²) in [5.74, 6) is 0.950. The van der Waals surface area contributed by atoms with E-state index in [4.69, 9.17) is 14.8 Å². The zero-order valence-electron chi connectivity index (χ0n) is 21.3. The molecular formula is C26H37N7O2S. The van der Waals surface area contributed by atoms with E-state index in [2.05, 4.69) is 46.7 Å². The molecule has 9 nitrogen and oxygen atoms in total. The SMILES string of the molecule is Cc1ccc(-c2nc3sc(N(C)CC(=O)NCCN4CCOCC4)nn3c2NC2CCCCC2)cc1. The molecule has 0 bridgehead atoms. The van der Waals surface area contributed by atoms with Crippen LogP contribution in [-0.4, -0.2) is 84.4 Å². The Morgan fingerprint density at radius 2 is 1.92 bits per heavy atom. The molecule has 1 aliphatic heterocycles. The highest BCUT2D eigenvalue weighted by molar-refractivity contribution is 7.20. The Labute approximate surface area is 216 Å². The number of nitrogens with one attached hydrogen (secondary N) is 2. The Morgan fingerprint density at radius 1 is 1.17 bits per heavy atom. The van der Waals surface area contributed by atoms with Crippen LogP contribution in [-0.2, 0) is 9.53 Å². The Balaban J connectivity index is 1.28. The van der Waals surface area contributed by atoms with Gasteiger partial charge in [-0.3, -0.25) is 9.69 Å². The molecule has 3 heterocycles. The minimum Gasteiger partial charge on any atom is -0.379 e. The first-order chi connectivity index (χ1) is 17.6. The van der Waals surface area contributed by atoms with Crippen molar-refractivity contribution in [3.05, 3.63) is 29.8 Å². The molecule has 2 N–H and O–H groups in total. The molecule has 0 atom stereocenters. The Hall–Kier alpha value is -2.69. The highest BCUT2D eigenvalue weighted by Gasteiger charge is 2.23. The molecule has 36 heavy (non-hydrogen) atoms. The number of amides is 1. The molecule has 2 aromatic heterocycles. The van der Waals surface area contributed by atoms with Crippen molar-refractivity contribution in [2.24, 2.45) is 0 Å². The lowest BCUT2D eigenvalue weighted by molar-refractivity contribution is -0.119. The molecule has 5 rings (SSSR count). The van der Waals surface area contributed by atoms with Gasteiger partial charge in [-0.1, -0.05) is 60.4 Å². The van der Waals surface area contributed by atoms with Crippen LogP contribution in [0, 0.1) is 6.92 Å². The van der Waals surface area contributed by atoms with Crippen molar-refractivity contribution in [3.8, 4) is 11.3 Å². The first kappa shape index (κ1) is 25.0. The summed E-state index contributed by atoms with van der Waals surface area (Å²) in [5.41, 5.74) is 3.26. The summed E-state index contributed by atoms with van der Waals surface area (Å²) in [7, 11) is 1.91. The first-order valence-electron chi connectivity index (χ1n) is 13.1. The molecule has 2 aliphatic rings. The number of nitrogens with zero attached hydrogens (tertiary/aromatic N) is 5. The van der Waals surface area contributed by atoms with Crippen molar-refractivity contribution in [2.75, 3.05) is 63.2 Å². The average molecular weight is 512 g/mol. The summed E-state index contributed by atoms with van der Waals surface area (Å²) in [4.78, 5) is 22.6. The van der Waals surface area contributed by atoms with Crippen LogP contribution in [0.4, 0.5) is 10.9 Å². The van der Waals surface area contributed by atoms with Gasteiger partial charge in [-0.2, -0.15) is 4.52 Å². The molecule has 0 unspecified atom stereocenters. The second kappa shape index (κ2) is 11.6. The molecule has 1 aromatic carbocycles. The maximum atomic E-state index is 12.6. The molecule has 0 spiro atoms. The number of carbonyl (C=O) groups is 1. The molecule has 2 fully saturated rings. The van der Waals surface area contributed by atoms with E-state index >= 15 is 0 Å². The monoisotopic (exact) mass is 511 g/mol. The molecule has 1 saturated carbocycles. The number of ether oxygens (including phenoxy) is 1. The molecule has 1 saturated heterocycles. The van der Waals surface area contributed by atoms with Gasteiger partial charge in [-0.25, -0.2) is 4.98 Å². The smallest absolute Gasteiger partial charge is 0.239 e. The Bertz CT molecular complexity index is 1150. The molecular weight excluding hydrogens is 474 g/mol. The lowest BCUT2D eigenvalue weighted by Gasteiger charge is -2.26. The number of likely N-dealkylation sites (N-methyl/N-ethyl adjacent to an activating group) is 1. The minimum absolute atomic E-state index is 0.000465. The molecule has 194 valence electrons. The zero-order valence-corrected chi connectivity index (χ0v) is 22.1. The Morgan fingerprint density at radius 3 is 2.67 bits per heavy atom. The lowest BCUT2D eigenvalue weighted by atomic mass is 9.95. The average Bonchev–Trinajstić information content (AvgIpc) is 3.45. The van der Waals surface area contributed by atoms with Crippen LogP contribution in [0.25, 0.3) is 16.2 Å². The molecule has 10 heteroatoms. The fourth-order valence-electron chi connectivity index (χ4n) is 4.89. The third kappa shape index (κ3) is 5.99. The summed E-state index contributed by atoms with van der Waals surface area (Å²) in [5, 5.41) is 12.5. The summed E-state index contributed by atoms with van der Waals surface area (Å²) in [6, 6.07) is 8.93. The number of carbonyl (C=O) groups excluding carboxylic acids is 1. The van der Waals surface area contributed by atoms with Gasteiger partial charge in [-0.05, 0) is 19.8 Å². The van der Waals surface area contributed by atoms with Crippen molar-refractivity contribution >= 4 is 33.2 Å². The summed E-state index contributed by atoms with van der Waals surface area (Å²) >= 11 is 1.51. The first-order valence-corrected chi connectivity index (χ1v) is 13.9. The number of morpholine rings is 1. The number of benzene rings is 1. The van der Waals surface area contributed by atoms with Crippen molar-refractivity contribution in [1.82, 2.24) is 24.8 Å². The van der Waals surface area contributed by atoms with Crippen molar-refractivity contribution in [3.63, 3.8) is 0 Å². The van der Waals surface area contributed by atoms with E-state index < -0.39 is 0 Å². The highest BCUT2D eigenvalue weighted by atomic mass is 32.1. The van der Waals surface area contributed by atoms with Crippen molar-refractivity contribution in [1.29, 1.82) is 0 Å². The molecule has 1 aliphatic carbocycles. The topological polar surface area (TPSA) is 87.0 Å². The quantitative estimate of drug-likeness (QED) is 0.455. The van der Waals surface area contributed by atoms with E-state index in [1.807, 2.05) is 16.5 Å². The minimum atomic E-state index is -0.000465. The van der Waals surface area contributed by atoms with Gasteiger partial charge in [0.25, 0.3) is 0 Å². The molecule has 1 amide bonds. The predicted octanol–water partition coefficient (Wildman–Crippen LogP) is 3.40. The maximum Gasteiger partial charge on any atom is 0.239 e. The van der Waals surface area contributed by atoms with Gasteiger partial charge in [0.15, 0.2) is 5.82 Å². The number of anilines is 2. The highest BCUT2D eigenvalue weighted by Crippen LogP contribution is 2.35. The molecule has 0 radical (unpaired) electrons. The van der Waals surface area contributed by atoms with Crippen molar-refractivity contribution in [2.45, 2.75) is 45.1 Å². The number of aromatic nitrogens is 3. The maximum absolute atomic E-state index is 12.6. The lowest BCUT2D eigenvalue weighted by Crippen LogP contribution is -2.43. The number of imidazole rings is 1. The van der Waals surface area contributed by atoms with Gasteiger partial charge in [0.05, 0.1) is 19.8 Å². The van der Waals surface area contributed by atoms with Crippen LogP contribution >= 0.6 is 11.3 Å². The van der Waals surface area contributed by atoms with Crippen LogP contribution < -0.4 is 15.5 Å². The third-order valence-corrected chi connectivity index (χ3v) is 8.05. The van der Waals surface area contributed by atoms with Crippen LogP contribution in [0.2, 0.25) is 0 Å². The second-order valence-electron chi connectivity index (χ2n) is 9.89. The van der Waals surface area contributed by atoms with Gasteiger partial charge < -0.3 is 20.3 Å². The fraction of sp³-hybridized carbons (Fsp3) is 0.577. The van der Waals surface area contributed by atoms with Gasteiger partial charge in [0.1, 0.15) is 5.69 Å². The van der Waals surface area contributed by atoms with E-state index in [0.717, 1.165) is 60.0 Å². The van der Waals surface area contributed by atoms with Gasteiger partial charge in [-0.15, -0.1) is 5.10 Å². The van der Waals surface area contributed by atoms with Crippen LogP contribution in [0.3, 0.4) is 0 Å². The van der Waals surface area contributed by atoms with E-state index in [9.17, 15) is 4.79 Å². The van der Waals surface area contributed by atoms with Crippen LogP contribution in [0.15, 0.2) is 24.3 Å². The fourth-order valence-corrected chi connectivity index (χ4v) is 5.75. The summed E-state index contributed by atoms with van der Waals surface area (Å²) in [6.45, 7) is 7.24. The molecule has 3 aromatic rings. The number of hydrogen-bond donors (Lipinski definition) is 2. The van der Waals surface area contributed by atoms with Crippen LogP contribution in [0.5, 0.6) is 0 Å². The number of aryl methyl sites for hydroxylation is 1.